The van der Waals surface area contributed by atoms with E-state index < -0.39 is 0 Å². The number of hydrogen-bond donors (Lipinski definition) is 2. The number of anilines is 1. The van der Waals surface area contributed by atoms with E-state index in [0.29, 0.717) is 22.1 Å². The van der Waals surface area contributed by atoms with Crippen molar-refractivity contribution in [3.63, 3.8) is 0 Å². The monoisotopic (exact) mass is 346 g/mol. The summed E-state index contributed by atoms with van der Waals surface area (Å²) in [6.45, 7) is 1.43. The van der Waals surface area contributed by atoms with Crippen LogP contribution in [0.1, 0.15) is 6.92 Å². The van der Waals surface area contributed by atoms with Gasteiger partial charge in [-0.05, 0) is 24.3 Å². The van der Waals surface area contributed by atoms with E-state index in [-0.39, 0.29) is 16.9 Å². The van der Waals surface area contributed by atoms with Crippen LogP contribution in [0.3, 0.4) is 0 Å². The molecule has 1 amide bonds. The minimum Gasteiger partial charge on any atom is -0.870 e. The molecule has 24 heavy (non-hydrogen) atoms. The van der Waals surface area contributed by atoms with Crippen LogP contribution in [0.4, 0.5) is 5.69 Å². The Kier molecular flexibility index (Phi) is 5.18. The lowest BCUT2D eigenvalue weighted by atomic mass is 10.2. The normalized spacial score (nSPS) is 10.1. The van der Waals surface area contributed by atoms with Gasteiger partial charge in [0.25, 0.3) is 0 Å². The molecule has 0 spiro atoms. The van der Waals surface area contributed by atoms with E-state index in [9.17, 15) is 9.59 Å². The maximum atomic E-state index is 12.2. The molecular formula is C16H15ClN4O3. The first-order chi connectivity index (χ1) is 11.0. The average molecular weight is 347 g/mol. The van der Waals surface area contributed by atoms with Crippen molar-refractivity contribution in [3.05, 3.63) is 70.1 Å². The number of carbonyl (C=O) groups excluding carboxylic acids is 1. The SMILES string of the molecule is CC(=O)Nc1ccccc1-[n+]1cc(=O)n(-c2cccc(Cl)c2)[nH]1.[OH-]. The minimum absolute atomic E-state index is 0. The molecule has 3 N–H and O–H groups in total. The molecule has 0 aliphatic carbocycles. The number of benzene rings is 2. The molecule has 3 aromatic rings. The van der Waals surface area contributed by atoms with Gasteiger partial charge in [-0.3, -0.25) is 4.79 Å². The first-order valence-corrected chi connectivity index (χ1v) is 7.29. The van der Waals surface area contributed by atoms with Crippen LogP contribution in [0.2, 0.25) is 5.02 Å². The van der Waals surface area contributed by atoms with Crippen LogP contribution in [-0.4, -0.2) is 21.3 Å². The Bertz CT molecular complexity index is 933. The van der Waals surface area contributed by atoms with Crippen LogP contribution in [-0.2, 0) is 4.79 Å². The fraction of sp³-hybridized carbons (Fsp3) is 0.0625. The number of aromatic amines is 1. The van der Waals surface area contributed by atoms with E-state index in [1.165, 1.54) is 17.8 Å². The van der Waals surface area contributed by atoms with Crippen LogP contribution in [0.15, 0.2) is 59.5 Å². The van der Waals surface area contributed by atoms with Crippen molar-refractivity contribution in [1.82, 2.24) is 9.90 Å². The van der Waals surface area contributed by atoms with Crippen LogP contribution in [0.5, 0.6) is 0 Å². The third kappa shape index (κ3) is 3.53. The Morgan fingerprint density at radius 2 is 1.96 bits per heavy atom. The number of nitrogens with zero attached hydrogens (tertiary/aromatic N) is 2. The lowest BCUT2D eigenvalue weighted by Gasteiger charge is -2.05. The number of halogens is 1. The molecule has 7 nitrogen and oxygen atoms in total. The Hall–Kier alpha value is -2.90. The van der Waals surface area contributed by atoms with Crippen molar-refractivity contribution in [1.29, 1.82) is 0 Å². The van der Waals surface area contributed by atoms with Crippen molar-refractivity contribution in [2.75, 3.05) is 5.32 Å². The number of aromatic nitrogens is 3. The number of carbonyl (C=O) groups is 1. The highest BCUT2D eigenvalue weighted by Crippen LogP contribution is 2.15. The summed E-state index contributed by atoms with van der Waals surface area (Å²) in [6.07, 6.45) is 1.40. The zero-order valence-corrected chi connectivity index (χ0v) is 13.5. The molecular weight excluding hydrogens is 332 g/mol. The van der Waals surface area contributed by atoms with Crippen molar-refractivity contribution in [3.8, 4) is 11.4 Å². The Labute approximate surface area is 142 Å². The second kappa shape index (κ2) is 7.12. The van der Waals surface area contributed by atoms with Crippen molar-refractivity contribution in [2.45, 2.75) is 6.92 Å². The molecule has 1 aromatic heterocycles. The van der Waals surface area contributed by atoms with Crippen molar-refractivity contribution >= 4 is 23.2 Å². The Morgan fingerprint density at radius 1 is 1.21 bits per heavy atom. The highest BCUT2D eigenvalue weighted by Gasteiger charge is 2.17. The number of amides is 1. The van der Waals surface area contributed by atoms with Gasteiger partial charge in [0.15, 0.2) is 11.4 Å². The molecule has 0 atom stereocenters. The molecule has 0 aliphatic rings. The van der Waals surface area contributed by atoms with Gasteiger partial charge in [0, 0.05) is 18.0 Å². The molecule has 0 unspecified atom stereocenters. The maximum absolute atomic E-state index is 12.2. The van der Waals surface area contributed by atoms with Gasteiger partial charge in [0.2, 0.25) is 12.1 Å². The lowest BCUT2D eigenvalue weighted by Crippen LogP contribution is -2.34. The number of H-pyrrole nitrogens is 1. The predicted molar refractivity (Wildman–Crippen MR) is 89.2 cm³/mol. The predicted octanol–water partition coefficient (Wildman–Crippen LogP) is 1.88. The number of para-hydroxylation sites is 2. The van der Waals surface area contributed by atoms with Gasteiger partial charge in [0.1, 0.15) is 0 Å². The van der Waals surface area contributed by atoms with E-state index in [4.69, 9.17) is 11.6 Å². The molecule has 1 heterocycles. The zero-order chi connectivity index (χ0) is 16.4. The molecule has 0 aliphatic heterocycles. The van der Waals surface area contributed by atoms with E-state index in [0.717, 1.165) is 0 Å². The van der Waals surface area contributed by atoms with Crippen LogP contribution < -0.4 is 15.6 Å². The van der Waals surface area contributed by atoms with Crippen molar-refractivity contribution < 1.29 is 15.0 Å². The summed E-state index contributed by atoms with van der Waals surface area (Å²) in [5, 5.41) is 6.24. The van der Waals surface area contributed by atoms with Gasteiger partial charge in [0.05, 0.1) is 5.69 Å². The van der Waals surface area contributed by atoms with E-state index >= 15 is 0 Å². The van der Waals surface area contributed by atoms with Crippen LogP contribution >= 0.6 is 11.6 Å². The summed E-state index contributed by atoms with van der Waals surface area (Å²) in [6, 6.07) is 14.1. The maximum Gasteiger partial charge on any atom is 0.398 e. The summed E-state index contributed by atoms with van der Waals surface area (Å²) in [7, 11) is 0. The second-order valence-corrected chi connectivity index (χ2v) is 5.39. The minimum atomic E-state index is -0.245. The Morgan fingerprint density at radius 3 is 2.67 bits per heavy atom. The molecule has 8 heteroatoms. The molecule has 0 saturated heterocycles. The lowest BCUT2D eigenvalue weighted by molar-refractivity contribution is -0.660. The third-order valence-corrected chi connectivity index (χ3v) is 3.44. The first-order valence-electron chi connectivity index (χ1n) is 6.91. The highest BCUT2D eigenvalue weighted by molar-refractivity contribution is 6.30. The van der Waals surface area contributed by atoms with Crippen LogP contribution in [0.25, 0.3) is 11.4 Å². The number of rotatable bonds is 3. The van der Waals surface area contributed by atoms with Crippen LogP contribution in [0, 0.1) is 0 Å². The molecule has 0 saturated carbocycles. The molecule has 0 bridgehead atoms. The largest absolute Gasteiger partial charge is 0.870 e. The molecule has 0 fully saturated rings. The topological polar surface area (TPSA) is 101 Å². The Balaban J connectivity index is 0.00000208. The fourth-order valence-corrected chi connectivity index (χ4v) is 2.44. The smallest absolute Gasteiger partial charge is 0.398 e. The van der Waals surface area contributed by atoms with Crippen molar-refractivity contribution in [2.24, 2.45) is 0 Å². The summed E-state index contributed by atoms with van der Waals surface area (Å²) < 4.78 is 2.92. The van der Waals surface area contributed by atoms with Gasteiger partial charge < -0.3 is 10.8 Å². The third-order valence-electron chi connectivity index (χ3n) is 3.21. The summed E-state index contributed by atoms with van der Waals surface area (Å²) >= 11 is 5.97. The second-order valence-electron chi connectivity index (χ2n) is 4.95. The summed E-state index contributed by atoms with van der Waals surface area (Å²) in [5.74, 6) is -0.185. The van der Waals surface area contributed by atoms with E-state index in [1.54, 1.807) is 47.1 Å². The molecule has 124 valence electrons. The standard InChI is InChI=1S/C16H13ClN4O2.H2O/c1-11(22)18-14-7-2-3-8-15(14)20-10-16(23)21(19-20)13-6-4-5-12(17)9-13;/h2-10H,1H3,(H-,18,19,22,23);1H2. The summed E-state index contributed by atoms with van der Waals surface area (Å²) in [4.78, 5) is 23.6. The fourth-order valence-electron chi connectivity index (χ4n) is 2.26. The molecule has 0 radical (unpaired) electrons. The zero-order valence-electron chi connectivity index (χ0n) is 12.7. The summed E-state index contributed by atoms with van der Waals surface area (Å²) in [5.41, 5.74) is 1.63. The number of nitrogens with one attached hydrogen (secondary N) is 2. The van der Waals surface area contributed by atoms with E-state index in [1.807, 2.05) is 6.07 Å². The molecule has 3 rings (SSSR count). The van der Waals surface area contributed by atoms with Gasteiger partial charge >= 0.3 is 5.56 Å². The van der Waals surface area contributed by atoms with E-state index in [2.05, 4.69) is 10.5 Å². The van der Waals surface area contributed by atoms with Gasteiger partial charge in [-0.25, -0.2) is 4.79 Å². The van der Waals surface area contributed by atoms with Gasteiger partial charge in [-0.15, -0.1) is 4.68 Å². The average Bonchev–Trinajstić information content (AvgIpc) is 2.89. The van der Waals surface area contributed by atoms with Gasteiger partial charge in [-0.1, -0.05) is 39.7 Å². The quantitative estimate of drug-likeness (QED) is 0.708. The van der Waals surface area contributed by atoms with Gasteiger partial charge in [-0.2, -0.15) is 0 Å². The molecule has 2 aromatic carbocycles. The first kappa shape index (κ1) is 17.5. The number of hydrogen-bond acceptors (Lipinski definition) is 3. The highest BCUT2D eigenvalue weighted by atomic mass is 35.5.